The van der Waals surface area contributed by atoms with E-state index in [0.29, 0.717) is 42.8 Å². The second-order valence-electron chi connectivity index (χ2n) is 8.34. The number of amides is 2. The normalized spacial score (nSPS) is 23.0. The topological polar surface area (TPSA) is 88.3 Å². The summed E-state index contributed by atoms with van der Waals surface area (Å²) in [6.07, 6.45) is -2.50. The van der Waals surface area contributed by atoms with Crippen LogP contribution in [-0.2, 0) is 11.0 Å². The van der Waals surface area contributed by atoms with Gasteiger partial charge in [-0.25, -0.2) is 0 Å². The molecule has 2 atom stereocenters. The average Bonchev–Trinajstić information content (AvgIpc) is 3.26. The summed E-state index contributed by atoms with van der Waals surface area (Å²) in [4.78, 5) is 30.7. The van der Waals surface area contributed by atoms with Gasteiger partial charge in [0.25, 0.3) is 0 Å². The zero-order chi connectivity index (χ0) is 22.6. The number of hydrogen-bond acceptors (Lipinski definition) is 4. The van der Waals surface area contributed by atoms with Crippen molar-refractivity contribution < 1.29 is 22.8 Å². The highest BCUT2D eigenvalue weighted by Crippen LogP contribution is 2.40. The first-order valence-electron chi connectivity index (χ1n) is 10.0. The first kappa shape index (κ1) is 24.0. The molecule has 2 aromatic rings. The number of halogens is 4. The summed E-state index contributed by atoms with van der Waals surface area (Å²) in [5, 5.41) is 3.42. The number of primary amides is 1. The number of pyridine rings is 1. The largest absolute Gasteiger partial charge is 0.416 e. The number of nitrogens with zero attached hydrogens (tertiary/aromatic N) is 2. The van der Waals surface area contributed by atoms with Crippen molar-refractivity contribution in [2.24, 2.45) is 5.73 Å². The predicted molar refractivity (Wildman–Crippen MR) is 115 cm³/mol. The molecule has 1 aromatic heterocycles. The minimum atomic E-state index is -4.55. The van der Waals surface area contributed by atoms with E-state index in [1.54, 1.807) is 31.0 Å². The minimum absolute atomic E-state index is 0. The van der Waals surface area contributed by atoms with E-state index in [2.05, 4.69) is 10.3 Å². The molecule has 0 aliphatic carbocycles. The zero-order valence-corrected chi connectivity index (χ0v) is 18.4. The Kier molecular flexibility index (Phi) is 6.27. The van der Waals surface area contributed by atoms with Gasteiger partial charge in [0.1, 0.15) is 5.54 Å². The predicted octanol–water partition coefficient (Wildman–Crippen LogP) is 3.62. The number of aryl methyl sites for hydroxylation is 1. The van der Waals surface area contributed by atoms with Crippen molar-refractivity contribution >= 4 is 24.2 Å². The third kappa shape index (κ3) is 4.19. The van der Waals surface area contributed by atoms with Gasteiger partial charge in [0.15, 0.2) is 0 Å². The van der Waals surface area contributed by atoms with E-state index >= 15 is 0 Å². The average molecular weight is 469 g/mol. The van der Waals surface area contributed by atoms with Crippen molar-refractivity contribution in [3.8, 4) is 11.1 Å². The van der Waals surface area contributed by atoms with Crippen LogP contribution in [0.1, 0.15) is 52.6 Å². The highest BCUT2D eigenvalue weighted by atomic mass is 35.5. The fourth-order valence-corrected chi connectivity index (χ4v) is 4.59. The lowest BCUT2D eigenvalue weighted by atomic mass is 9.95. The maximum absolute atomic E-state index is 13.3. The van der Waals surface area contributed by atoms with E-state index in [0.717, 1.165) is 18.2 Å². The number of alkyl halides is 3. The Morgan fingerprint density at radius 1 is 1.25 bits per heavy atom. The van der Waals surface area contributed by atoms with Crippen molar-refractivity contribution in [3.63, 3.8) is 0 Å². The molecule has 2 aliphatic heterocycles. The number of carbonyl (C=O) groups excluding carboxylic acids is 2. The van der Waals surface area contributed by atoms with Gasteiger partial charge in [-0.05, 0) is 67.6 Å². The molecule has 1 spiro atoms. The summed E-state index contributed by atoms with van der Waals surface area (Å²) in [6.45, 7) is 2.42. The van der Waals surface area contributed by atoms with Gasteiger partial charge in [-0.15, -0.1) is 12.4 Å². The first-order chi connectivity index (χ1) is 14.5. The molecule has 172 valence electrons. The summed E-state index contributed by atoms with van der Waals surface area (Å²) in [5.74, 6) is -0.756. The number of aromatic nitrogens is 1. The molecule has 2 aliphatic rings. The Morgan fingerprint density at radius 2 is 1.97 bits per heavy atom. The zero-order valence-electron chi connectivity index (χ0n) is 17.6. The fourth-order valence-electron chi connectivity index (χ4n) is 4.59. The molecule has 0 radical (unpaired) electrons. The lowest BCUT2D eigenvalue weighted by Crippen LogP contribution is -2.47. The maximum atomic E-state index is 13.3. The Morgan fingerprint density at radius 3 is 2.56 bits per heavy atom. The Bertz CT molecular complexity index is 1080. The number of rotatable bonds is 3. The van der Waals surface area contributed by atoms with E-state index in [-0.39, 0.29) is 35.5 Å². The molecule has 3 N–H and O–H groups in total. The quantitative estimate of drug-likeness (QED) is 0.720. The Hall–Kier alpha value is -2.65. The van der Waals surface area contributed by atoms with Gasteiger partial charge in [0.05, 0.1) is 17.3 Å². The first-order valence-corrected chi connectivity index (χ1v) is 10.0. The number of hydrogen-bond donors (Lipinski definition) is 2. The van der Waals surface area contributed by atoms with Crippen LogP contribution in [0, 0.1) is 6.92 Å². The van der Waals surface area contributed by atoms with Gasteiger partial charge >= 0.3 is 6.18 Å². The smallest absolute Gasteiger partial charge is 0.366 e. The Labute approximate surface area is 189 Å². The molecule has 1 aromatic carbocycles. The molecule has 2 amide bonds. The van der Waals surface area contributed by atoms with Crippen LogP contribution < -0.4 is 11.1 Å². The number of nitrogens with one attached hydrogen (secondary N) is 1. The molecule has 4 rings (SSSR count). The van der Waals surface area contributed by atoms with Crippen LogP contribution in [0.4, 0.5) is 13.2 Å². The molecule has 32 heavy (non-hydrogen) atoms. The van der Waals surface area contributed by atoms with Crippen molar-refractivity contribution in [1.29, 1.82) is 0 Å². The standard InChI is InChI=1S/C22H23F3N4O2.ClH/c1-12-9-13(16-11-14(22(23,24)25)3-4-15(16)19(26)30)10-18(27-12)17-5-6-21(28-17)7-8-29(2)20(21)31;/h3-4,9-11,17,28H,5-8H2,1-2H3,(H2,26,30);1H/t17-,21+;/m0./s1. The van der Waals surface area contributed by atoms with Crippen LogP contribution in [0.15, 0.2) is 30.3 Å². The van der Waals surface area contributed by atoms with Crippen molar-refractivity contribution in [2.45, 2.75) is 43.9 Å². The Balaban J connectivity index is 0.00000289. The van der Waals surface area contributed by atoms with E-state index in [9.17, 15) is 22.8 Å². The van der Waals surface area contributed by atoms with Crippen LogP contribution >= 0.6 is 12.4 Å². The van der Waals surface area contributed by atoms with E-state index in [4.69, 9.17) is 5.73 Å². The van der Waals surface area contributed by atoms with Gasteiger partial charge in [0, 0.05) is 24.8 Å². The highest BCUT2D eigenvalue weighted by molar-refractivity contribution is 6.00. The summed E-state index contributed by atoms with van der Waals surface area (Å²) >= 11 is 0. The van der Waals surface area contributed by atoms with Gasteiger partial charge in [-0.2, -0.15) is 13.2 Å². The van der Waals surface area contributed by atoms with E-state index < -0.39 is 23.2 Å². The van der Waals surface area contributed by atoms with Gasteiger partial charge in [0.2, 0.25) is 11.8 Å². The number of benzene rings is 1. The summed E-state index contributed by atoms with van der Waals surface area (Å²) < 4.78 is 39.9. The van der Waals surface area contributed by atoms with Crippen molar-refractivity contribution in [2.75, 3.05) is 13.6 Å². The molecule has 2 fully saturated rings. The molecule has 0 bridgehead atoms. The third-order valence-corrected chi connectivity index (χ3v) is 6.19. The number of likely N-dealkylation sites (tertiary alicyclic amines) is 1. The lowest BCUT2D eigenvalue weighted by molar-refractivity contribution is -0.137. The van der Waals surface area contributed by atoms with Gasteiger partial charge in [-0.3, -0.25) is 19.9 Å². The molecule has 3 heterocycles. The van der Waals surface area contributed by atoms with Crippen LogP contribution in [0.25, 0.3) is 11.1 Å². The number of carbonyl (C=O) groups is 2. The number of likely N-dealkylation sites (N-methyl/N-ethyl adjacent to an activating group) is 1. The molecule has 0 unspecified atom stereocenters. The van der Waals surface area contributed by atoms with E-state index in [1.165, 1.54) is 0 Å². The summed E-state index contributed by atoms with van der Waals surface area (Å²) in [5.41, 5.74) is 5.72. The van der Waals surface area contributed by atoms with Gasteiger partial charge in [-0.1, -0.05) is 0 Å². The van der Waals surface area contributed by atoms with Crippen molar-refractivity contribution in [1.82, 2.24) is 15.2 Å². The van der Waals surface area contributed by atoms with Crippen LogP contribution in [-0.4, -0.2) is 40.8 Å². The van der Waals surface area contributed by atoms with Crippen LogP contribution in [0.2, 0.25) is 0 Å². The minimum Gasteiger partial charge on any atom is -0.366 e. The van der Waals surface area contributed by atoms with Gasteiger partial charge < -0.3 is 10.6 Å². The molecule has 10 heteroatoms. The monoisotopic (exact) mass is 468 g/mol. The summed E-state index contributed by atoms with van der Waals surface area (Å²) in [6, 6.07) is 5.99. The molecule has 2 saturated heterocycles. The SMILES string of the molecule is Cc1cc(-c2cc(C(F)(F)F)ccc2C(N)=O)cc([C@@H]2CC[C@]3(CCN(C)C3=O)N2)n1.Cl. The second kappa shape index (κ2) is 8.37. The highest BCUT2D eigenvalue weighted by Gasteiger charge is 2.50. The lowest BCUT2D eigenvalue weighted by Gasteiger charge is -2.23. The summed E-state index contributed by atoms with van der Waals surface area (Å²) in [7, 11) is 1.77. The van der Waals surface area contributed by atoms with Crippen molar-refractivity contribution in [3.05, 3.63) is 52.8 Å². The fraction of sp³-hybridized carbons (Fsp3) is 0.409. The van der Waals surface area contributed by atoms with Crippen LogP contribution in [0.5, 0.6) is 0 Å². The molecular weight excluding hydrogens is 445 g/mol. The third-order valence-electron chi connectivity index (χ3n) is 6.19. The molecule has 6 nitrogen and oxygen atoms in total. The van der Waals surface area contributed by atoms with Crippen LogP contribution in [0.3, 0.4) is 0 Å². The molecule has 0 saturated carbocycles. The van der Waals surface area contributed by atoms with E-state index in [1.807, 2.05) is 0 Å². The second-order valence-corrected chi connectivity index (χ2v) is 8.34. The number of nitrogens with two attached hydrogens (primary N) is 1. The molecular formula is C22H24ClF3N4O2. The maximum Gasteiger partial charge on any atom is 0.416 e.